The summed E-state index contributed by atoms with van der Waals surface area (Å²) in [5, 5.41) is 0. The lowest BCUT2D eigenvalue weighted by atomic mass is 10.0. The molecule has 0 radical (unpaired) electrons. The van der Waals surface area contributed by atoms with Crippen LogP contribution in [0.1, 0.15) is 32.9 Å². The van der Waals surface area contributed by atoms with Gasteiger partial charge in [-0.25, -0.2) is 19.2 Å². The third-order valence-corrected chi connectivity index (χ3v) is 5.65. The largest absolute Gasteiger partial charge is 0.465 e. The van der Waals surface area contributed by atoms with Crippen LogP contribution in [0.4, 0.5) is 10.2 Å². The van der Waals surface area contributed by atoms with Crippen molar-refractivity contribution in [1.29, 1.82) is 0 Å². The van der Waals surface area contributed by atoms with Gasteiger partial charge in [-0.3, -0.25) is 0 Å². The lowest BCUT2D eigenvalue weighted by Gasteiger charge is -2.28. The number of rotatable bonds is 5. The maximum atomic E-state index is 13.3. The number of methoxy groups -OCH3 is 1. The van der Waals surface area contributed by atoms with Gasteiger partial charge in [0.15, 0.2) is 5.65 Å². The van der Waals surface area contributed by atoms with Crippen LogP contribution in [0.5, 0.6) is 0 Å². The molecule has 0 atom stereocenters. The fraction of sp³-hybridized carbons (Fsp3) is 0.409. The van der Waals surface area contributed by atoms with E-state index in [1.54, 1.807) is 12.1 Å². The van der Waals surface area contributed by atoms with Gasteiger partial charge in [-0.1, -0.05) is 18.2 Å². The second kappa shape index (κ2) is 8.39. The monoisotopic (exact) mass is 412 g/mol. The second-order valence-electron chi connectivity index (χ2n) is 7.37. The van der Waals surface area contributed by atoms with Crippen molar-refractivity contribution in [1.82, 2.24) is 14.5 Å². The normalized spacial score (nSPS) is 14.3. The summed E-state index contributed by atoms with van der Waals surface area (Å²) in [5.74, 6) is 0.977. The minimum atomic E-state index is -0.505. The number of ether oxygens (including phenoxy) is 2. The van der Waals surface area contributed by atoms with Gasteiger partial charge in [0.1, 0.15) is 23.8 Å². The van der Waals surface area contributed by atoms with E-state index in [9.17, 15) is 9.18 Å². The number of esters is 1. The van der Waals surface area contributed by atoms with E-state index in [4.69, 9.17) is 14.5 Å². The van der Waals surface area contributed by atoms with Crippen LogP contribution in [-0.4, -0.2) is 53.9 Å². The summed E-state index contributed by atoms with van der Waals surface area (Å²) in [6.45, 7) is 6.41. The van der Waals surface area contributed by atoms with Crippen molar-refractivity contribution >= 4 is 23.0 Å². The zero-order chi connectivity index (χ0) is 21.3. The predicted octanol–water partition coefficient (Wildman–Crippen LogP) is 3.19. The number of fused-ring (bicyclic) bond motifs is 1. The number of imidazole rings is 1. The van der Waals surface area contributed by atoms with E-state index >= 15 is 0 Å². The molecule has 0 saturated carbocycles. The highest BCUT2D eigenvalue weighted by Crippen LogP contribution is 2.27. The summed E-state index contributed by atoms with van der Waals surface area (Å²) in [6, 6.07) is 7.37. The Hall–Kier alpha value is -3.00. The van der Waals surface area contributed by atoms with E-state index in [1.807, 2.05) is 30.5 Å². The van der Waals surface area contributed by atoms with Crippen LogP contribution in [-0.2, 0) is 22.7 Å². The molecule has 0 spiro atoms. The molecule has 2 aromatic heterocycles. The average molecular weight is 412 g/mol. The van der Waals surface area contributed by atoms with Crippen LogP contribution in [0.15, 0.2) is 24.3 Å². The highest BCUT2D eigenvalue weighted by molar-refractivity contribution is 6.02. The molecule has 4 rings (SSSR count). The molecule has 0 aliphatic carbocycles. The molecular formula is C22H25FN4O3. The van der Waals surface area contributed by atoms with Crippen LogP contribution in [0.25, 0.3) is 11.2 Å². The fourth-order valence-electron chi connectivity index (χ4n) is 3.82. The van der Waals surface area contributed by atoms with Crippen LogP contribution >= 0.6 is 0 Å². The molecule has 30 heavy (non-hydrogen) atoms. The Balaban J connectivity index is 1.85. The van der Waals surface area contributed by atoms with Crippen LogP contribution < -0.4 is 4.90 Å². The minimum Gasteiger partial charge on any atom is -0.465 e. The van der Waals surface area contributed by atoms with E-state index < -0.39 is 12.6 Å². The number of benzene rings is 1. The Kier molecular flexibility index (Phi) is 5.67. The number of pyridine rings is 1. The zero-order valence-corrected chi connectivity index (χ0v) is 17.4. The number of carbonyl (C=O) groups excluding carboxylic acids is 1. The first-order valence-electron chi connectivity index (χ1n) is 9.95. The van der Waals surface area contributed by atoms with Crippen molar-refractivity contribution in [2.75, 3.05) is 38.3 Å². The summed E-state index contributed by atoms with van der Waals surface area (Å²) in [5.41, 5.74) is 4.09. The molecule has 0 amide bonds. The number of alkyl halides is 1. The van der Waals surface area contributed by atoms with Gasteiger partial charge in [-0.2, -0.15) is 0 Å². The first-order chi connectivity index (χ1) is 14.5. The number of anilines is 1. The first kappa shape index (κ1) is 20.3. The lowest BCUT2D eigenvalue weighted by molar-refractivity contribution is 0.0602. The van der Waals surface area contributed by atoms with Crippen molar-refractivity contribution in [3.05, 3.63) is 52.3 Å². The highest BCUT2D eigenvalue weighted by atomic mass is 19.1. The Morgan fingerprint density at radius 1 is 1.20 bits per heavy atom. The zero-order valence-electron chi connectivity index (χ0n) is 17.4. The number of hydrogen-bond acceptors (Lipinski definition) is 6. The van der Waals surface area contributed by atoms with Gasteiger partial charge < -0.3 is 18.9 Å². The number of aryl methyl sites for hydroxylation is 1. The maximum absolute atomic E-state index is 13.3. The number of aromatic nitrogens is 3. The van der Waals surface area contributed by atoms with Crippen molar-refractivity contribution in [3.63, 3.8) is 0 Å². The Morgan fingerprint density at radius 3 is 2.63 bits per heavy atom. The summed E-state index contributed by atoms with van der Waals surface area (Å²) < 4.78 is 25.7. The van der Waals surface area contributed by atoms with Crippen molar-refractivity contribution in [2.45, 2.75) is 27.1 Å². The quantitative estimate of drug-likeness (QED) is 0.600. The number of morpholine rings is 1. The van der Waals surface area contributed by atoms with Gasteiger partial charge in [0.05, 0.1) is 32.4 Å². The SMILES string of the molecule is COC(=O)c1cc(N2CCOCC2)nc2c1nc(C)n2Cc1cccc(CF)c1C. The molecule has 3 heterocycles. The molecule has 1 saturated heterocycles. The molecule has 7 nitrogen and oxygen atoms in total. The molecular weight excluding hydrogens is 387 g/mol. The summed E-state index contributed by atoms with van der Waals surface area (Å²) in [6.07, 6.45) is 0. The lowest BCUT2D eigenvalue weighted by Crippen LogP contribution is -2.37. The molecule has 1 aliphatic rings. The maximum Gasteiger partial charge on any atom is 0.340 e. The molecule has 1 fully saturated rings. The van der Waals surface area contributed by atoms with E-state index in [0.29, 0.717) is 61.0 Å². The van der Waals surface area contributed by atoms with Crippen LogP contribution in [0.3, 0.4) is 0 Å². The van der Waals surface area contributed by atoms with Crippen molar-refractivity contribution < 1.29 is 18.7 Å². The molecule has 0 bridgehead atoms. The van der Waals surface area contributed by atoms with Crippen molar-refractivity contribution in [3.8, 4) is 0 Å². The third kappa shape index (κ3) is 3.63. The van der Waals surface area contributed by atoms with Gasteiger partial charge in [0.25, 0.3) is 0 Å². The van der Waals surface area contributed by atoms with Gasteiger partial charge in [-0.05, 0) is 36.6 Å². The third-order valence-electron chi connectivity index (χ3n) is 5.65. The predicted molar refractivity (Wildman–Crippen MR) is 112 cm³/mol. The smallest absolute Gasteiger partial charge is 0.340 e. The number of hydrogen-bond donors (Lipinski definition) is 0. The molecule has 0 N–H and O–H groups in total. The first-order valence-corrected chi connectivity index (χ1v) is 9.95. The van der Waals surface area contributed by atoms with E-state index in [-0.39, 0.29) is 0 Å². The molecule has 1 aliphatic heterocycles. The summed E-state index contributed by atoms with van der Waals surface area (Å²) in [7, 11) is 1.36. The summed E-state index contributed by atoms with van der Waals surface area (Å²) in [4.78, 5) is 24.1. The highest BCUT2D eigenvalue weighted by Gasteiger charge is 2.23. The molecule has 8 heteroatoms. The van der Waals surface area contributed by atoms with Crippen molar-refractivity contribution in [2.24, 2.45) is 0 Å². The number of nitrogens with zero attached hydrogens (tertiary/aromatic N) is 4. The fourth-order valence-corrected chi connectivity index (χ4v) is 3.82. The standard InChI is InChI=1S/C22H25FN4O3/c1-14-16(12-23)5-4-6-17(14)13-27-15(2)24-20-18(22(28)29-3)11-19(25-21(20)27)26-7-9-30-10-8-26/h4-6,11H,7-10,12-13H2,1-3H3. The molecule has 1 aromatic carbocycles. The van der Waals surface area contributed by atoms with Gasteiger partial charge >= 0.3 is 5.97 Å². The number of carbonyl (C=O) groups is 1. The molecule has 158 valence electrons. The van der Waals surface area contributed by atoms with E-state index in [2.05, 4.69) is 9.88 Å². The average Bonchev–Trinajstić information content (AvgIpc) is 3.09. The van der Waals surface area contributed by atoms with Crippen LogP contribution in [0, 0.1) is 13.8 Å². The van der Waals surface area contributed by atoms with Gasteiger partial charge in [-0.15, -0.1) is 0 Å². The van der Waals surface area contributed by atoms with Crippen LogP contribution in [0.2, 0.25) is 0 Å². The minimum absolute atomic E-state index is 0.389. The molecule has 0 unspecified atom stereocenters. The molecule has 3 aromatic rings. The second-order valence-corrected chi connectivity index (χ2v) is 7.37. The number of halogens is 1. The topological polar surface area (TPSA) is 69.5 Å². The van der Waals surface area contributed by atoms with Gasteiger partial charge in [0.2, 0.25) is 0 Å². The Labute approximate surface area is 174 Å². The Morgan fingerprint density at radius 2 is 1.93 bits per heavy atom. The summed E-state index contributed by atoms with van der Waals surface area (Å²) >= 11 is 0. The van der Waals surface area contributed by atoms with E-state index in [1.165, 1.54) is 7.11 Å². The Bertz CT molecular complexity index is 1090. The van der Waals surface area contributed by atoms with E-state index in [0.717, 1.165) is 17.0 Å². The van der Waals surface area contributed by atoms with Gasteiger partial charge in [0, 0.05) is 13.1 Å².